The summed E-state index contributed by atoms with van der Waals surface area (Å²) in [7, 11) is 1.50. The molecule has 0 bridgehead atoms. The molecule has 31 heavy (non-hydrogen) atoms. The van der Waals surface area contributed by atoms with Gasteiger partial charge < -0.3 is 16.0 Å². The normalized spacial score (nSPS) is 10.7. The van der Waals surface area contributed by atoms with E-state index < -0.39 is 5.82 Å². The second-order valence-electron chi connectivity index (χ2n) is 6.55. The molecule has 0 unspecified atom stereocenters. The predicted octanol–water partition coefficient (Wildman–Crippen LogP) is 5.44. The lowest BCUT2D eigenvalue weighted by Gasteiger charge is -2.14. The van der Waals surface area contributed by atoms with Gasteiger partial charge in [-0.2, -0.15) is 0 Å². The maximum Gasteiger partial charge on any atom is 0.257 e. The Balaban J connectivity index is 1.72. The van der Waals surface area contributed by atoms with Crippen LogP contribution in [0.15, 0.2) is 60.1 Å². The Bertz CT molecular complexity index is 1310. The molecule has 0 fully saturated rings. The van der Waals surface area contributed by atoms with Gasteiger partial charge in [0.25, 0.3) is 11.8 Å². The van der Waals surface area contributed by atoms with Gasteiger partial charge in [0.1, 0.15) is 5.82 Å². The highest BCUT2D eigenvalue weighted by Gasteiger charge is 2.17. The van der Waals surface area contributed by atoms with Crippen LogP contribution in [0, 0.1) is 5.82 Å². The van der Waals surface area contributed by atoms with E-state index in [9.17, 15) is 14.0 Å². The molecule has 0 atom stereocenters. The van der Waals surface area contributed by atoms with E-state index in [0.29, 0.717) is 5.56 Å². The van der Waals surface area contributed by atoms with Gasteiger partial charge in [-0.1, -0.05) is 29.8 Å². The molecule has 3 N–H and O–H groups in total. The highest BCUT2D eigenvalue weighted by atomic mass is 35.5. The summed E-state index contributed by atoms with van der Waals surface area (Å²) in [5, 5.41) is 11.1. The standard InChI is InChI=1S/C22H16ClFN4O2S/c1-25-21(29)12-8-18(20(26-10-12)27-17-9-13(24)6-7-16(17)23)28-22(30)15-11-31-19-5-3-2-4-14(15)19/h2-11H,1H3,(H,25,29)(H,26,27)(H,28,30). The number of thiophene rings is 1. The fraction of sp³-hybridized carbons (Fsp3) is 0.0455. The zero-order valence-electron chi connectivity index (χ0n) is 16.2. The third-order valence-corrected chi connectivity index (χ3v) is 5.83. The Morgan fingerprint density at radius 2 is 1.87 bits per heavy atom. The zero-order valence-corrected chi connectivity index (χ0v) is 17.8. The van der Waals surface area contributed by atoms with Crippen LogP contribution in [0.25, 0.3) is 10.1 Å². The van der Waals surface area contributed by atoms with Crippen molar-refractivity contribution in [2.24, 2.45) is 0 Å². The smallest absolute Gasteiger partial charge is 0.257 e. The molecule has 2 aromatic carbocycles. The predicted molar refractivity (Wildman–Crippen MR) is 122 cm³/mol. The average Bonchev–Trinajstić information content (AvgIpc) is 3.21. The monoisotopic (exact) mass is 454 g/mol. The van der Waals surface area contributed by atoms with Crippen LogP contribution in [0.4, 0.5) is 21.6 Å². The molecular weight excluding hydrogens is 439 g/mol. The number of nitrogens with one attached hydrogen (secondary N) is 3. The Morgan fingerprint density at radius 1 is 1.06 bits per heavy atom. The van der Waals surface area contributed by atoms with Gasteiger partial charge in [-0.25, -0.2) is 9.37 Å². The third kappa shape index (κ3) is 4.35. The summed E-state index contributed by atoms with van der Waals surface area (Å²) < 4.78 is 14.7. The molecule has 0 saturated heterocycles. The maximum absolute atomic E-state index is 13.7. The van der Waals surface area contributed by atoms with E-state index in [-0.39, 0.29) is 39.6 Å². The van der Waals surface area contributed by atoms with Crippen LogP contribution < -0.4 is 16.0 Å². The quantitative estimate of drug-likeness (QED) is 0.374. The number of hydrogen-bond donors (Lipinski definition) is 3. The Hall–Kier alpha value is -3.49. The molecule has 0 aliphatic rings. The summed E-state index contributed by atoms with van der Waals surface area (Å²) in [4.78, 5) is 29.3. The molecular formula is C22H16ClFN4O2S. The average molecular weight is 455 g/mol. The number of halogens is 2. The molecule has 6 nitrogen and oxygen atoms in total. The van der Waals surface area contributed by atoms with Crippen LogP contribution in [-0.4, -0.2) is 23.8 Å². The van der Waals surface area contributed by atoms with Crippen LogP contribution in [0.3, 0.4) is 0 Å². The second-order valence-corrected chi connectivity index (χ2v) is 7.87. The summed E-state index contributed by atoms with van der Waals surface area (Å²) >= 11 is 7.61. The molecule has 4 rings (SSSR count). The largest absolute Gasteiger partial charge is 0.355 e. The molecule has 0 saturated carbocycles. The molecule has 2 amide bonds. The SMILES string of the molecule is CNC(=O)c1cnc(Nc2cc(F)ccc2Cl)c(NC(=O)c2csc3ccccc23)c1. The number of pyridine rings is 1. The molecule has 0 spiro atoms. The van der Waals surface area contributed by atoms with Crippen LogP contribution in [-0.2, 0) is 0 Å². The summed E-state index contributed by atoms with van der Waals surface area (Å²) in [6.45, 7) is 0. The van der Waals surface area contributed by atoms with Crippen LogP contribution in [0.2, 0.25) is 5.02 Å². The van der Waals surface area contributed by atoms with E-state index in [0.717, 1.165) is 10.1 Å². The van der Waals surface area contributed by atoms with Gasteiger partial charge in [0.2, 0.25) is 0 Å². The number of amides is 2. The number of nitrogens with zero attached hydrogens (tertiary/aromatic N) is 1. The van der Waals surface area contributed by atoms with Gasteiger partial charge in [-0.05, 0) is 30.3 Å². The lowest BCUT2D eigenvalue weighted by Crippen LogP contribution is -2.19. The van der Waals surface area contributed by atoms with Crippen molar-refractivity contribution in [3.05, 3.63) is 82.1 Å². The molecule has 0 aliphatic heterocycles. The van der Waals surface area contributed by atoms with Crippen molar-refractivity contribution in [1.29, 1.82) is 0 Å². The zero-order chi connectivity index (χ0) is 22.0. The van der Waals surface area contributed by atoms with Crippen molar-refractivity contribution in [1.82, 2.24) is 10.3 Å². The molecule has 4 aromatic rings. The molecule has 2 aromatic heterocycles. The summed E-state index contributed by atoms with van der Waals surface area (Å²) in [6, 6.07) is 12.9. The van der Waals surface area contributed by atoms with Crippen LogP contribution >= 0.6 is 22.9 Å². The number of carbonyl (C=O) groups is 2. The molecule has 2 heterocycles. The van der Waals surface area contributed by atoms with E-state index >= 15 is 0 Å². The first-order valence-electron chi connectivity index (χ1n) is 9.18. The lowest BCUT2D eigenvalue weighted by molar-refractivity contribution is 0.0961. The highest BCUT2D eigenvalue weighted by molar-refractivity contribution is 7.17. The fourth-order valence-electron chi connectivity index (χ4n) is 2.99. The minimum atomic E-state index is -0.482. The summed E-state index contributed by atoms with van der Waals surface area (Å²) in [5.41, 5.74) is 1.28. The number of hydrogen-bond acceptors (Lipinski definition) is 5. The van der Waals surface area contributed by atoms with E-state index in [1.54, 1.807) is 5.38 Å². The van der Waals surface area contributed by atoms with Crippen LogP contribution in [0.5, 0.6) is 0 Å². The van der Waals surface area contributed by atoms with Gasteiger partial charge in [-0.15, -0.1) is 11.3 Å². The molecule has 0 aliphatic carbocycles. The van der Waals surface area contributed by atoms with Gasteiger partial charge in [0.05, 0.1) is 27.5 Å². The van der Waals surface area contributed by atoms with Crippen molar-refractivity contribution in [2.75, 3.05) is 17.7 Å². The number of anilines is 3. The minimum absolute atomic E-state index is 0.216. The van der Waals surface area contributed by atoms with Crippen LogP contribution in [0.1, 0.15) is 20.7 Å². The number of rotatable bonds is 5. The Morgan fingerprint density at radius 3 is 2.68 bits per heavy atom. The van der Waals surface area contributed by atoms with Crippen molar-refractivity contribution in [3.63, 3.8) is 0 Å². The molecule has 156 valence electrons. The lowest BCUT2D eigenvalue weighted by atomic mass is 10.1. The van der Waals surface area contributed by atoms with Gasteiger partial charge in [-0.3, -0.25) is 9.59 Å². The molecule has 9 heteroatoms. The number of benzene rings is 2. The van der Waals surface area contributed by atoms with Crippen molar-refractivity contribution >= 4 is 62.0 Å². The van der Waals surface area contributed by atoms with E-state index in [1.165, 1.54) is 48.8 Å². The Kier molecular flexibility index (Phi) is 5.83. The van der Waals surface area contributed by atoms with Gasteiger partial charge >= 0.3 is 0 Å². The summed E-state index contributed by atoms with van der Waals surface area (Å²) in [6.07, 6.45) is 1.35. The topological polar surface area (TPSA) is 83.1 Å². The number of carbonyl (C=O) groups excluding carboxylic acids is 2. The second kappa shape index (κ2) is 8.71. The van der Waals surface area contributed by atoms with Crippen molar-refractivity contribution < 1.29 is 14.0 Å². The van der Waals surface area contributed by atoms with Crippen molar-refractivity contribution in [3.8, 4) is 0 Å². The molecule has 0 radical (unpaired) electrons. The number of aromatic nitrogens is 1. The van der Waals surface area contributed by atoms with E-state index in [2.05, 4.69) is 20.9 Å². The minimum Gasteiger partial charge on any atom is -0.355 e. The fourth-order valence-corrected chi connectivity index (χ4v) is 4.10. The van der Waals surface area contributed by atoms with E-state index in [4.69, 9.17) is 11.6 Å². The van der Waals surface area contributed by atoms with Crippen molar-refractivity contribution in [2.45, 2.75) is 0 Å². The first-order valence-corrected chi connectivity index (χ1v) is 10.4. The maximum atomic E-state index is 13.7. The number of fused-ring (bicyclic) bond motifs is 1. The first-order chi connectivity index (χ1) is 15.0. The van der Waals surface area contributed by atoms with E-state index in [1.807, 2.05) is 24.3 Å². The van der Waals surface area contributed by atoms with Gasteiger partial charge in [0, 0.05) is 28.7 Å². The summed E-state index contributed by atoms with van der Waals surface area (Å²) in [5.74, 6) is -0.988. The highest BCUT2D eigenvalue weighted by Crippen LogP contribution is 2.31. The first kappa shape index (κ1) is 20.8. The third-order valence-electron chi connectivity index (χ3n) is 4.53. The Labute approximate surface area is 186 Å². The van der Waals surface area contributed by atoms with Gasteiger partial charge in [0.15, 0.2) is 5.82 Å².